The lowest BCUT2D eigenvalue weighted by Gasteiger charge is -2.31. The second-order valence-electron chi connectivity index (χ2n) is 18.0. The number of cyclic esters (lactones) is 1. The number of amidine groups is 1. The Labute approximate surface area is 385 Å². The Hall–Kier alpha value is -7.40. The fourth-order valence-electron chi connectivity index (χ4n) is 10.1. The number of rotatable bonds is 10. The van der Waals surface area contributed by atoms with Crippen LogP contribution in [0.1, 0.15) is 92.4 Å². The molecule has 67 heavy (non-hydrogen) atoms. The van der Waals surface area contributed by atoms with E-state index in [9.17, 15) is 34.5 Å². The zero-order valence-electron chi connectivity index (χ0n) is 37.7. The Bertz CT molecular complexity index is 3110. The molecule has 17 heteroatoms. The van der Waals surface area contributed by atoms with Crippen molar-refractivity contribution in [3.63, 3.8) is 0 Å². The van der Waals surface area contributed by atoms with Crippen molar-refractivity contribution in [3.8, 4) is 28.6 Å². The summed E-state index contributed by atoms with van der Waals surface area (Å²) in [6.45, 7) is 10.2. The van der Waals surface area contributed by atoms with Gasteiger partial charge in [0.2, 0.25) is 6.17 Å². The lowest BCUT2D eigenvalue weighted by atomic mass is 9.94. The van der Waals surface area contributed by atoms with Gasteiger partial charge in [-0.05, 0) is 110 Å². The summed E-state index contributed by atoms with van der Waals surface area (Å²) in [5.74, 6) is -0.0575. The first-order chi connectivity index (χ1) is 32.3. The van der Waals surface area contributed by atoms with Crippen LogP contribution in [0.3, 0.4) is 0 Å². The van der Waals surface area contributed by atoms with E-state index in [1.165, 1.54) is 6.07 Å². The van der Waals surface area contributed by atoms with E-state index in [-0.39, 0.29) is 53.2 Å². The number of anilines is 1. The molecule has 3 aromatic carbocycles. The molecule has 2 amide bonds. The number of likely N-dealkylation sites (tertiary alicyclic amines) is 1. The molecular formula is C50H52N8O9. The molecule has 4 aliphatic rings. The summed E-state index contributed by atoms with van der Waals surface area (Å²) < 4.78 is 14.8. The Morgan fingerprint density at radius 2 is 1.79 bits per heavy atom. The first kappa shape index (κ1) is 43.5. The zero-order valence-corrected chi connectivity index (χ0v) is 37.7. The number of phenolic OH excluding ortho intramolecular Hbond substituents is 2. The van der Waals surface area contributed by atoms with Crippen LogP contribution in [-0.2, 0) is 40.4 Å². The van der Waals surface area contributed by atoms with Crippen LogP contribution in [0.15, 0.2) is 76.8 Å². The summed E-state index contributed by atoms with van der Waals surface area (Å²) in [7, 11) is 0. The number of hydrogen-bond donors (Lipinski definition) is 5. The predicted molar refractivity (Wildman–Crippen MR) is 250 cm³/mol. The van der Waals surface area contributed by atoms with Gasteiger partial charge < -0.3 is 44.1 Å². The fraction of sp³-hybridized carbons (Fsp3) is 0.360. The van der Waals surface area contributed by atoms with Gasteiger partial charge in [-0.3, -0.25) is 19.9 Å². The maximum absolute atomic E-state index is 13.5. The smallest absolute Gasteiger partial charge is 0.415 e. The Balaban J connectivity index is 0.793. The number of piperidine rings is 1. The number of carbonyl (C=O) groups is 3. The van der Waals surface area contributed by atoms with Crippen LogP contribution >= 0.6 is 0 Å². The molecule has 1 saturated heterocycles. The van der Waals surface area contributed by atoms with Crippen LogP contribution < -0.4 is 25.9 Å². The van der Waals surface area contributed by atoms with Crippen LogP contribution in [0.2, 0.25) is 0 Å². The number of amides is 2. The molecular weight excluding hydrogens is 857 g/mol. The first-order valence-corrected chi connectivity index (χ1v) is 22.9. The van der Waals surface area contributed by atoms with Crippen molar-refractivity contribution in [1.82, 2.24) is 29.8 Å². The van der Waals surface area contributed by atoms with Gasteiger partial charge >= 0.3 is 12.1 Å². The number of nitrogens with one attached hydrogen (secondary N) is 2. The molecule has 346 valence electrons. The maximum Gasteiger partial charge on any atom is 0.415 e. The summed E-state index contributed by atoms with van der Waals surface area (Å²) in [6, 6.07) is 18.1. The van der Waals surface area contributed by atoms with Crippen LogP contribution in [-0.4, -0.2) is 83.9 Å². The van der Waals surface area contributed by atoms with E-state index in [2.05, 4.69) is 26.6 Å². The number of likely N-dealkylation sites (N-methyl/N-ethyl adjacent to an activating group) is 1. The van der Waals surface area contributed by atoms with Gasteiger partial charge in [-0.1, -0.05) is 20.8 Å². The minimum Gasteiger partial charge on any atom is -0.508 e. The molecule has 10 rings (SSSR count). The van der Waals surface area contributed by atoms with Crippen LogP contribution in [0.4, 0.5) is 10.5 Å². The Kier molecular flexibility index (Phi) is 11.1. The number of carbonyl (C=O) groups excluding carboxylic acids is 3. The van der Waals surface area contributed by atoms with Crippen molar-refractivity contribution < 1.29 is 39.2 Å². The summed E-state index contributed by atoms with van der Waals surface area (Å²) in [6.07, 6.45) is 2.49. The highest BCUT2D eigenvalue weighted by atomic mass is 16.6. The van der Waals surface area contributed by atoms with Crippen LogP contribution in [0, 0.1) is 5.92 Å². The number of benzene rings is 3. The molecule has 0 bridgehead atoms. The SMILES string of the molecule is CCNC(=O)C1NN=C(c2cc(C(C)C)c(O)cc2O)N1c1ccc2c(ccn2CCC2CCN(C(=O)Oc3ccc4nc5c(c(CC)c4c3)Cn3c-5cc4c(c3=O)COC(=O)C4O)CC2)c1. The van der Waals surface area contributed by atoms with E-state index in [1.54, 1.807) is 32.6 Å². The number of aliphatic hydroxyl groups is 1. The number of aryl methyl sites for hydroxylation is 2. The van der Waals surface area contributed by atoms with Gasteiger partial charge in [0.1, 0.15) is 23.9 Å². The molecule has 0 radical (unpaired) electrons. The van der Waals surface area contributed by atoms with Crippen LogP contribution in [0.25, 0.3) is 33.2 Å². The lowest BCUT2D eigenvalue weighted by molar-refractivity contribution is -0.157. The van der Waals surface area contributed by atoms with E-state index in [1.807, 2.05) is 64.1 Å². The third-order valence-corrected chi connectivity index (χ3v) is 13.7. The molecule has 0 aliphatic carbocycles. The monoisotopic (exact) mass is 908 g/mol. The van der Waals surface area contributed by atoms with Crippen molar-refractivity contribution in [2.45, 2.75) is 91.3 Å². The number of aliphatic hydroxyl groups excluding tert-OH is 1. The summed E-state index contributed by atoms with van der Waals surface area (Å²) in [4.78, 5) is 60.9. The highest BCUT2D eigenvalue weighted by molar-refractivity contribution is 6.16. The topological polar surface area (TPSA) is 213 Å². The second-order valence-corrected chi connectivity index (χ2v) is 18.0. The van der Waals surface area contributed by atoms with E-state index >= 15 is 0 Å². The number of aromatic hydroxyl groups is 2. The molecule has 3 aromatic heterocycles. The Morgan fingerprint density at radius 1 is 0.985 bits per heavy atom. The minimum absolute atomic E-state index is 0.00803. The minimum atomic E-state index is -1.53. The number of esters is 1. The average Bonchev–Trinajstić information content (AvgIpc) is 4.05. The number of hydrogen-bond acceptors (Lipinski definition) is 13. The molecule has 1 fully saturated rings. The molecule has 0 saturated carbocycles. The van der Waals surface area contributed by atoms with Crippen molar-refractivity contribution in [1.29, 1.82) is 0 Å². The fourth-order valence-corrected chi connectivity index (χ4v) is 10.1. The van der Waals surface area contributed by atoms with Crippen molar-refractivity contribution >= 4 is 51.3 Å². The molecule has 2 unspecified atom stereocenters. The van der Waals surface area contributed by atoms with E-state index in [0.717, 1.165) is 53.2 Å². The lowest BCUT2D eigenvalue weighted by Crippen LogP contribution is -2.51. The third kappa shape index (κ3) is 7.56. The van der Waals surface area contributed by atoms with Gasteiger partial charge in [0.15, 0.2) is 11.9 Å². The van der Waals surface area contributed by atoms with Gasteiger partial charge in [0, 0.05) is 71.5 Å². The number of ether oxygens (including phenoxy) is 2. The first-order valence-electron chi connectivity index (χ1n) is 22.9. The van der Waals surface area contributed by atoms with Gasteiger partial charge in [-0.15, -0.1) is 0 Å². The number of nitrogens with zero attached hydrogens (tertiary/aromatic N) is 6. The molecule has 17 nitrogen and oxygen atoms in total. The van der Waals surface area contributed by atoms with Crippen molar-refractivity contribution in [2.24, 2.45) is 11.0 Å². The number of fused-ring (bicyclic) bond motifs is 6. The highest BCUT2D eigenvalue weighted by Gasteiger charge is 2.38. The van der Waals surface area contributed by atoms with Crippen LogP contribution in [0.5, 0.6) is 17.2 Å². The molecule has 5 N–H and O–H groups in total. The standard InChI is InChI=1S/C50H52N8O9/c1-5-31-33-20-30(8-9-38(33)52-43-36(31)24-57-40(43)22-34-37(48(57)63)25-66-49(64)44(34)61)67-50(65)56-16-12-27(13-17-56)11-15-55-18-14-28-19-29(7-10-39(28)55)58-45(53-54-46(58)47(62)51-6-2)35-21-32(26(3)4)41(59)23-42(35)60/h7-10,14,18-23,26-27,44,46,54,59-61H,5-6,11-13,15-17,24-25H2,1-4H3,(H,51,62). The predicted octanol–water partition coefficient (Wildman–Crippen LogP) is 6.10. The van der Waals surface area contributed by atoms with E-state index in [4.69, 9.17) is 14.5 Å². The van der Waals surface area contributed by atoms with Gasteiger partial charge in [-0.25, -0.2) is 14.6 Å². The molecule has 7 heterocycles. The Morgan fingerprint density at radius 3 is 2.55 bits per heavy atom. The summed E-state index contributed by atoms with van der Waals surface area (Å²) in [5.41, 5.74) is 9.65. The number of pyridine rings is 2. The number of phenols is 2. The van der Waals surface area contributed by atoms with E-state index < -0.39 is 24.3 Å². The van der Waals surface area contributed by atoms with Gasteiger partial charge in [0.25, 0.3) is 11.5 Å². The molecule has 6 aromatic rings. The molecule has 4 aliphatic heterocycles. The van der Waals surface area contributed by atoms with E-state index in [0.29, 0.717) is 77.3 Å². The number of hydrazone groups is 1. The van der Waals surface area contributed by atoms with Gasteiger partial charge in [0.05, 0.1) is 34.6 Å². The normalized spacial score (nSPS) is 17.9. The van der Waals surface area contributed by atoms with Gasteiger partial charge in [-0.2, -0.15) is 5.10 Å². The molecule has 0 spiro atoms. The number of aromatic nitrogens is 3. The largest absolute Gasteiger partial charge is 0.508 e. The highest BCUT2D eigenvalue weighted by Crippen LogP contribution is 2.40. The zero-order chi connectivity index (χ0) is 46.8. The summed E-state index contributed by atoms with van der Waals surface area (Å²) >= 11 is 0. The average molecular weight is 909 g/mol. The maximum atomic E-state index is 13.5. The second kappa shape index (κ2) is 17.1. The van der Waals surface area contributed by atoms with Crippen molar-refractivity contribution in [3.05, 3.63) is 111 Å². The van der Waals surface area contributed by atoms with Crippen molar-refractivity contribution in [2.75, 3.05) is 24.5 Å². The quantitative estimate of drug-likeness (QED) is 0.0986. The molecule has 2 atom stereocenters. The summed E-state index contributed by atoms with van der Waals surface area (Å²) in [5, 5.41) is 41.2. The third-order valence-electron chi connectivity index (χ3n) is 13.7.